The Labute approximate surface area is 164 Å². The zero-order valence-corrected chi connectivity index (χ0v) is 16.2. The number of esters is 2. The molecule has 2 aromatic rings. The molecule has 2 N–H and O–H groups in total. The molecule has 2 rings (SSSR count). The molecule has 0 bridgehead atoms. The summed E-state index contributed by atoms with van der Waals surface area (Å²) in [5.74, 6) is -0.545. The summed E-state index contributed by atoms with van der Waals surface area (Å²) in [7, 11) is 0. The van der Waals surface area contributed by atoms with E-state index in [9.17, 15) is 14.4 Å². The van der Waals surface area contributed by atoms with Gasteiger partial charge in [-0.05, 0) is 61.4 Å². The molecule has 148 valence electrons. The molecule has 0 aliphatic carbocycles. The molecule has 0 aromatic heterocycles. The van der Waals surface area contributed by atoms with E-state index in [2.05, 4.69) is 10.6 Å². The summed E-state index contributed by atoms with van der Waals surface area (Å²) >= 11 is 0. The average molecular weight is 384 g/mol. The molecule has 0 aliphatic heterocycles. The number of ether oxygens (including phenoxy) is 2. The highest BCUT2D eigenvalue weighted by atomic mass is 16.5. The second-order valence-corrected chi connectivity index (χ2v) is 6.45. The number of carbonyl (C=O) groups is 3. The van der Waals surface area contributed by atoms with Gasteiger partial charge in [0.2, 0.25) is 0 Å². The number of anilines is 2. The van der Waals surface area contributed by atoms with E-state index >= 15 is 0 Å². The lowest BCUT2D eigenvalue weighted by Gasteiger charge is -2.10. The largest absolute Gasteiger partial charge is 0.462 e. The smallest absolute Gasteiger partial charge is 0.338 e. The van der Waals surface area contributed by atoms with Crippen LogP contribution >= 0.6 is 0 Å². The van der Waals surface area contributed by atoms with Gasteiger partial charge in [0, 0.05) is 11.4 Å². The van der Waals surface area contributed by atoms with Crippen molar-refractivity contribution in [1.82, 2.24) is 0 Å². The van der Waals surface area contributed by atoms with Crippen molar-refractivity contribution in [1.29, 1.82) is 0 Å². The summed E-state index contributed by atoms with van der Waals surface area (Å²) in [6.45, 7) is 6.32. The van der Waals surface area contributed by atoms with E-state index in [0.29, 0.717) is 35.7 Å². The number of carbonyl (C=O) groups excluding carboxylic acids is 3. The Morgan fingerprint density at radius 3 is 1.61 bits per heavy atom. The minimum atomic E-state index is -0.445. The number of hydrogen-bond acceptors (Lipinski definition) is 5. The number of amides is 2. The Kier molecular flexibility index (Phi) is 7.56. The summed E-state index contributed by atoms with van der Waals surface area (Å²) in [5.41, 5.74) is 1.88. The lowest BCUT2D eigenvalue weighted by Crippen LogP contribution is -2.19. The highest BCUT2D eigenvalue weighted by Gasteiger charge is 2.10. The van der Waals surface area contributed by atoms with Gasteiger partial charge in [-0.2, -0.15) is 0 Å². The van der Waals surface area contributed by atoms with Crippen LogP contribution < -0.4 is 10.6 Å². The maximum Gasteiger partial charge on any atom is 0.338 e. The van der Waals surface area contributed by atoms with Crippen LogP contribution in [0.3, 0.4) is 0 Å². The van der Waals surface area contributed by atoms with Gasteiger partial charge >= 0.3 is 18.0 Å². The van der Waals surface area contributed by atoms with E-state index < -0.39 is 18.0 Å². The fraction of sp³-hybridized carbons (Fsp3) is 0.286. The zero-order valence-electron chi connectivity index (χ0n) is 16.2. The van der Waals surface area contributed by atoms with Gasteiger partial charge < -0.3 is 20.1 Å². The van der Waals surface area contributed by atoms with Crippen molar-refractivity contribution in [2.24, 2.45) is 5.92 Å². The van der Waals surface area contributed by atoms with Crippen molar-refractivity contribution >= 4 is 29.3 Å². The predicted octanol–water partition coefficient (Wildman–Crippen LogP) is 4.32. The first-order chi connectivity index (χ1) is 13.4. The molecule has 0 fully saturated rings. The summed E-state index contributed by atoms with van der Waals surface area (Å²) in [6.07, 6.45) is 0. The van der Waals surface area contributed by atoms with E-state index in [1.165, 1.54) is 0 Å². The maximum absolute atomic E-state index is 12.1. The molecular weight excluding hydrogens is 360 g/mol. The van der Waals surface area contributed by atoms with Crippen molar-refractivity contribution in [2.45, 2.75) is 20.8 Å². The van der Waals surface area contributed by atoms with E-state index in [1.807, 2.05) is 13.8 Å². The van der Waals surface area contributed by atoms with Crippen LogP contribution in [0.1, 0.15) is 41.5 Å². The first-order valence-corrected chi connectivity index (χ1v) is 9.01. The molecule has 0 unspecified atom stereocenters. The predicted molar refractivity (Wildman–Crippen MR) is 107 cm³/mol. The number of rotatable bonds is 7. The molecule has 2 amide bonds. The first kappa shape index (κ1) is 21.0. The lowest BCUT2D eigenvalue weighted by atomic mass is 10.2. The van der Waals surface area contributed by atoms with Crippen molar-refractivity contribution in [3.05, 3.63) is 59.7 Å². The van der Waals surface area contributed by atoms with Gasteiger partial charge in [0.05, 0.1) is 24.3 Å². The molecule has 0 atom stereocenters. The fourth-order valence-electron chi connectivity index (χ4n) is 2.21. The number of hydrogen-bond donors (Lipinski definition) is 2. The monoisotopic (exact) mass is 384 g/mol. The van der Waals surface area contributed by atoms with E-state index in [4.69, 9.17) is 9.47 Å². The van der Waals surface area contributed by atoms with Gasteiger partial charge in [-0.25, -0.2) is 14.4 Å². The zero-order chi connectivity index (χ0) is 20.5. The Bertz CT molecular complexity index is 814. The third-order valence-electron chi connectivity index (χ3n) is 3.58. The van der Waals surface area contributed by atoms with Crippen LogP contribution in [0.4, 0.5) is 16.2 Å². The van der Waals surface area contributed by atoms with Crippen LogP contribution in [0, 0.1) is 5.92 Å². The molecule has 0 spiro atoms. The van der Waals surface area contributed by atoms with Gasteiger partial charge in [0.1, 0.15) is 0 Å². The van der Waals surface area contributed by atoms with Gasteiger partial charge in [-0.1, -0.05) is 13.8 Å². The second-order valence-electron chi connectivity index (χ2n) is 6.45. The van der Waals surface area contributed by atoms with Crippen molar-refractivity contribution in [3.63, 3.8) is 0 Å². The van der Waals surface area contributed by atoms with Crippen LogP contribution in [-0.2, 0) is 9.47 Å². The van der Waals surface area contributed by atoms with Gasteiger partial charge in [0.15, 0.2) is 0 Å². The van der Waals surface area contributed by atoms with Gasteiger partial charge in [-0.15, -0.1) is 0 Å². The molecule has 0 aliphatic rings. The molecule has 7 heteroatoms. The van der Waals surface area contributed by atoms with Crippen molar-refractivity contribution in [2.75, 3.05) is 23.8 Å². The average Bonchev–Trinajstić information content (AvgIpc) is 2.67. The Morgan fingerprint density at radius 1 is 0.786 bits per heavy atom. The Morgan fingerprint density at radius 2 is 1.21 bits per heavy atom. The Balaban J connectivity index is 1.89. The molecule has 2 aromatic carbocycles. The first-order valence-electron chi connectivity index (χ1n) is 9.01. The van der Waals surface area contributed by atoms with Crippen LogP contribution in [0.5, 0.6) is 0 Å². The summed E-state index contributed by atoms with van der Waals surface area (Å²) < 4.78 is 10.1. The second kappa shape index (κ2) is 10.1. The lowest BCUT2D eigenvalue weighted by molar-refractivity contribution is 0.0458. The van der Waals surface area contributed by atoms with Crippen LogP contribution in [0.2, 0.25) is 0 Å². The fourth-order valence-corrected chi connectivity index (χ4v) is 2.21. The SMILES string of the molecule is CCOC(=O)c1ccc(NC(=O)Nc2ccc(C(=O)OCC(C)C)cc2)cc1. The maximum atomic E-state index is 12.1. The number of nitrogens with one attached hydrogen (secondary N) is 2. The molecule has 28 heavy (non-hydrogen) atoms. The molecule has 0 radical (unpaired) electrons. The number of urea groups is 1. The third kappa shape index (κ3) is 6.42. The van der Waals surface area contributed by atoms with Gasteiger partial charge in [-0.3, -0.25) is 0 Å². The molecular formula is C21H24N2O5. The summed E-state index contributed by atoms with van der Waals surface area (Å²) in [6, 6.07) is 12.3. The summed E-state index contributed by atoms with van der Waals surface area (Å²) in [5, 5.41) is 5.34. The van der Waals surface area contributed by atoms with E-state index in [0.717, 1.165) is 0 Å². The van der Waals surface area contributed by atoms with Crippen LogP contribution in [-0.4, -0.2) is 31.2 Å². The minimum Gasteiger partial charge on any atom is -0.462 e. The molecule has 7 nitrogen and oxygen atoms in total. The standard InChI is InChI=1S/C21H24N2O5/c1-4-27-19(24)15-5-9-17(10-6-15)22-21(26)23-18-11-7-16(8-12-18)20(25)28-13-14(2)3/h5-12,14H,4,13H2,1-3H3,(H2,22,23,26). The van der Waals surface area contributed by atoms with Gasteiger partial charge in [0.25, 0.3) is 0 Å². The van der Waals surface area contributed by atoms with E-state index in [-0.39, 0.29) is 5.92 Å². The highest BCUT2D eigenvalue weighted by molar-refractivity contribution is 6.00. The van der Waals surface area contributed by atoms with E-state index in [1.54, 1.807) is 55.5 Å². The highest BCUT2D eigenvalue weighted by Crippen LogP contribution is 2.14. The van der Waals surface area contributed by atoms with Crippen molar-refractivity contribution in [3.8, 4) is 0 Å². The van der Waals surface area contributed by atoms with Crippen LogP contribution in [0.15, 0.2) is 48.5 Å². The summed E-state index contributed by atoms with van der Waals surface area (Å²) in [4.78, 5) is 35.6. The topological polar surface area (TPSA) is 93.7 Å². The number of benzene rings is 2. The normalized spacial score (nSPS) is 10.3. The molecule has 0 heterocycles. The quantitative estimate of drug-likeness (QED) is 0.694. The third-order valence-corrected chi connectivity index (χ3v) is 3.58. The minimum absolute atomic E-state index is 0.264. The van der Waals surface area contributed by atoms with Crippen molar-refractivity contribution < 1.29 is 23.9 Å². The molecule has 0 saturated heterocycles. The van der Waals surface area contributed by atoms with Crippen LogP contribution in [0.25, 0.3) is 0 Å². The molecule has 0 saturated carbocycles. The Hall–Kier alpha value is -3.35.